The second-order valence-corrected chi connectivity index (χ2v) is 8.04. The summed E-state index contributed by atoms with van der Waals surface area (Å²) >= 11 is 0. The van der Waals surface area contributed by atoms with E-state index in [0.717, 1.165) is 6.07 Å². The Morgan fingerprint density at radius 2 is 1.82 bits per heavy atom. The molecule has 0 spiro atoms. The summed E-state index contributed by atoms with van der Waals surface area (Å²) in [7, 11) is -4.05. The fourth-order valence-electron chi connectivity index (χ4n) is 2.69. The number of nitrogens with zero attached hydrogens (tertiary/aromatic N) is 2. The molecule has 0 aliphatic carbocycles. The van der Waals surface area contributed by atoms with Crippen molar-refractivity contribution in [2.45, 2.75) is 11.8 Å². The highest BCUT2D eigenvalue weighted by Crippen LogP contribution is 2.30. The molecule has 3 aromatic rings. The van der Waals surface area contributed by atoms with Gasteiger partial charge in [0.25, 0.3) is 11.6 Å². The van der Waals surface area contributed by atoms with Crippen molar-refractivity contribution in [3.05, 3.63) is 94.0 Å². The third-order valence-corrected chi connectivity index (χ3v) is 5.45. The molecule has 0 bridgehead atoms. The Kier molecular flexibility index (Phi) is 7.36. The number of nitro benzene ring substituents is 1. The van der Waals surface area contributed by atoms with Gasteiger partial charge in [-0.25, -0.2) is 5.43 Å². The number of nitrogens with one attached hydrogen (secondary N) is 1. The van der Waals surface area contributed by atoms with Crippen LogP contribution in [0.2, 0.25) is 0 Å². The maximum atomic E-state index is 12.5. The fourth-order valence-corrected chi connectivity index (χ4v) is 3.65. The van der Waals surface area contributed by atoms with Gasteiger partial charge in [0.1, 0.15) is 4.90 Å². The Morgan fingerprint density at radius 3 is 2.52 bits per heavy atom. The number of nitro groups is 1. The van der Waals surface area contributed by atoms with E-state index < -0.39 is 20.9 Å². The summed E-state index contributed by atoms with van der Waals surface area (Å²) in [4.78, 5) is 22.4. The van der Waals surface area contributed by atoms with E-state index in [1.165, 1.54) is 54.7 Å². The average molecular weight is 469 g/mol. The van der Waals surface area contributed by atoms with Crippen molar-refractivity contribution in [1.82, 2.24) is 5.43 Å². The van der Waals surface area contributed by atoms with Crippen molar-refractivity contribution < 1.29 is 27.1 Å². The van der Waals surface area contributed by atoms with Gasteiger partial charge in [-0.2, -0.15) is 13.5 Å². The van der Waals surface area contributed by atoms with E-state index in [1.807, 2.05) is 0 Å². The van der Waals surface area contributed by atoms with Crippen LogP contribution in [0, 0.1) is 10.1 Å². The monoisotopic (exact) mass is 469 g/mol. The molecule has 0 saturated carbocycles. The van der Waals surface area contributed by atoms with E-state index in [0.29, 0.717) is 5.56 Å². The van der Waals surface area contributed by atoms with Crippen LogP contribution < -0.4 is 14.3 Å². The van der Waals surface area contributed by atoms with Gasteiger partial charge in [-0.15, -0.1) is 0 Å². The standard InChI is InChI=1S/C22H19N3O7S/c1-2-31-21-13-16(11-12-20(21)32-33(29,30)19-9-4-3-5-10-19)15-23-24-22(26)17-7-6-8-18(14-17)25(27)28/h3-15H,2H2,1H3,(H,24,26)/b23-15+. The first kappa shape index (κ1) is 23.4. The summed E-state index contributed by atoms with van der Waals surface area (Å²) in [6, 6.07) is 17.4. The maximum Gasteiger partial charge on any atom is 0.339 e. The van der Waals surface area contributed by atoms with Crippen molar-refractivity contribution in [2.24, 2.45) is 5.10 Å². The fraction of sp³-hybridized carbons (Fsp3) is 0.0909. The summed E-state index contributed by atoms with van der Waals surface area (Å²) < 4.78 is 35.7. The Bertz CT molecular complexity index is 1290. The molecular formula is C22H19N3O7S. The van der Waals surface area contributed by atoms with Crippen LogP contribution >= 0.6 is 0 Å². The zero-order valence-electron chi connectivity index (χ0n) is 17.4. The van der Waals surface area contributed by atoms with Crippen molar-refractivity contribution in [2.75, 3.05) is 6.61 Å². The molecule has 0 radical (unpaired) electrons. The first-order valence-corrected chi connectivity index (χ1v) is 11.0. The van der Waals surface area contributed by atoms with Gasteiger partial charge in [0.05, 0.1) is 17.7 Å². The van der Waals surface area contributed by atoms with E-state index >= 15 is 0 Å². The lowest BCUT2D eigenvalue weighted by Crippen LogP contribution is -2.17. The molecule has 10 nitrogen and oxygen atoms in total. The van der Waals surface area contributed by atoms with Crippen LogP contribution in [0.3, 0.4) is 0 Å². The van der Waals surface area contributed by atoms with Gasteiger partial charge < -0.3 is 8.92 Å². The topological polar surface area (TPSA) is 137 Å². The van der Waals surface area contributed by atoms with E-state index in [4.69, 9.17) is 8.92 Å². The molecule has 3 rings (SSSR count). The zero-order valence-corrected chi connectivity index (χ0v) is 18.2. The normalized spacial score (nSPS) is 11.2. The number of hydrogen-bond acceptors (Lipinski definition) is 8. The SMILES string of the molecule is CCOc1cc(/C=N/NC(=O)c2cccc([N+](=O)[O-])c2)ccc1OS(=O)(=O)c1ccccc1. The van der Waals surface area contributed by atoms with Crippen LogP contribution in [0.4, 0.5) is 5.69 Å². The van der Waals surface area contributed by atoms with Crippen molar-refractivity contribution in [3.8, 4) is 11.5 Å². The number of amides is 1. The lowest BCUT2D eigenvalue weighted by Gasteiger charge is -2.12. The second-order valence-electron chi connectivity index (χ2n) is 6.50. The minimum atomic E-state index is -4.05. The van der Waals surface area contributed by atoms with Crippen molar-refractivity contribution in [3.63, 3.8) is 0 Å². The number of rotatable bonds is 9. The summed E-state index contributed by atoms with van der Waals surface area (Å²) in [5.74, 6) is -0.460. The summed E-state index contributed by atoms with van der Waals surface area (Å²) in [5, 5.41) is 14.7. The Labute approximate surface area is 189 Å². The highest BCUT2D eigenvalue weighted by atomic mass is 32.2. The van der Waals surface area contributed by atoms with Gasteiger partial charge in [-0.1, -0.05) is 24.3 Å². The molecule has 0 aliphatic heterocycles. The predicted molar refractivity (Wildman–Crippen MR) is 120 cm³/mol. The second kappa shape index (κ2) is 10.4. The molecule has 0 unspecified atom stereocenters. The van der Waals surface area contributed by atoms with Crippen LogP contribution in [0.25, 0.3) is 0 Å². The number of benzene rings is 3. The van der Waals surface area contributed by atoms with Crippen LogP contribution in [0.15, 0.2) is 82.8 Å². The third-order valence-electron chi connectivity index (χ3n) is 4.20. The molecule has 0 heterocycles. The largest absolute Gasteiger partial charge is 0.490 e. The Hall–Kier alpha value is -4.25. The molecule has 1 amide bonds. The van der Waals surface area contributed by atoms with E-state index in [-0.39, 0.29) is 34.3 Å². The number of hydrazone groups is 1. The van der Waals surface area contributed by atoms with Crippen LogP contribution in [0.1, 0.15) is 22.8 Å². The molecule has 11 heteroatoms. The molecule has 0 aromatic heterocycles. The van der Waals surface area contributed by atoms with Gasteiger partial charge >= 0.3 is 10.1 Å². The van der Waals surface area contributed by atoms with E-state index in [1.54, 1.807) is 25.1 Å². The number of carbonyl (C=O) groups is 1. The van der Waals surface area contributed by atoms with Gasteiger partial charge in [0.2, 0.25) is 0 Å². The highest BCUT2D eigenvalue weighted by molar-refractivity contribution is 7.87. The number of ether oxygens (including phenoxy) is 1. The number of non-ortho nitro benzene ring substituents is 1. The summed E-state index contributed by atoms with van der Waals surface area (Å²) in [5.41, 5.74) is 2.63. The molecule has 0 atom stereocenters. The Morgan fingerprint density at radius 1 is 1.06 bits per heavy atom. The molecule has 0 aliphatic rings. The molecular weight excluding hydrogens is 450 g/mol. The van der Waals surface area contributed by atoms with E-state index in [2.05, 4.69) is 10.5 Å². The minimum Gasteiger partial charge on any atom is -0.490 e. The average Bonchev–Trinajstić information content (AvgIpc) is 2.81. The van der Waals surface area contributed by atoms with Crippen molar-refractivity contribution >= 4 is 27.9 Å². The number of carbonyl (C=O) groups excluding carboxylic acids is 1. The van der Waals surface area contributed by atoms with Gasteiger partial charge in [-0.05, 0) is 48.9 Å². The van der Waals surface area contributed by atoms with Crippen molar-refractivity contribution in [1.29, 1.82) is 0 Å². The lowest BCUT2D eigenvalue weighted by molar-refractivity contribution is -0.384. The quantitative estimate of drug-likeness (QED) is 0.219. The zero-order chi connectivity index (χ0) is 23.8. The molecule has 0 saturated heterocycles. The first-order chi connectivity index (χ1) is 15.8. The van der Waals surface area contributed by atoms with E-state index in [9.17, 15) is 23.3 Å². The summed E-state index contributed by atoms with van der Waals surface area (Å²) in [6.07, 6.45) is 1.31. The Balaban J connectivity index is 1.75. The smallest absolute Gasteiger partial charge is 0.339 e. The first-order valence-electron chi connectivity index (χ1n) is 9.64. The lowest BCUT2D eigenvalue weighted by atomic mass is 10.2. The molecule has 3 aromatic carbocycles. The molecule has 1 N–H and O–H groups in total. The number of hydrogen-bond donors (Lipinski definition) is 1. The van der Waals surface area contributed by atoms with Gasteiger partial charge in [0, 0.05) is 17.7 Å². The van der Waals surface area contributed by atoms with Crippen LogP contribution in [0.5, 0.6) is 11.5 Å². The maximum absolute atomic E-state index is 12.5. The summed E-state index contributed by atoms with van der Waals surface area (Å²) in [6.45, 7) is 1.99. The highest BCUT2D eigenvalue weighted by Gasteiger charge is 2.19. The predicted octanol–water partition coefficient (Wildman–Crippen LogP) is 3.53. The van der Waals surface area contributed by atoms with Crippen LogP contribution in [-0.4, -0.2) is 32.1 Å². The third kappa shape index (κ3) is 6.14. The molecule has 170 valence electrons. The van der Waals surface area contributed by atoms with Crippen LogP contribution in [-0.2, 0) is 10.1 Å². The minimum absolute atomic E-state index is 0.00140. The molecule has 33 heavy (non-hydrogen) atoms. The molecule has 0 fully saturated rings. The van der Waals surface area contributed by atoms with Gasteiger partial charge in [-0.3, -0.25) is 14.9 Å². The van der Waals surface area contributed by atoms with Gasteiger partial charge in [0.15, 0.2) is 11.5 Å².